The number of benzene rings is 1. The standard InChI is InChI=1S/C14H10ClNO3/c1-9-8-10(17)6-7-13(9)16-19-14(18)11-4-2-3-5-12(11)15/h2-8H,1H3. The van der Waals surface area contributed by atoms with Gasteiger partial charge in [0.25, 0.3) is 0 Å². The van der Waals surface area contributed by atoms with Gasteiger partial charge >= 0.3 is 5.97 Å². The molecule has 0 radical (unpaired) electrons. The Morgan fingerprint density at radius 2 is 2.00 bits per heavy atom. The number of oxime groups is 1. The van der Waals surface area contributed by atoms with Crippen molar-refractivity contribution < 1.29 is 14.4 Å². The van der Waals surface area contributed by atoms with Crippen molar-refractivity contribution in [3.63, 3.8) is 0 Å². The molecule has 2 rings (SSSR count). The summed E-state index contributed by atoms with van der Waals surface area (Å²) < 4.78 is 0. The fraction of sp³-hybridized carbons (Fsp3) is 0.0714. The van der Waals surface area contributed by atoms with Crippen LogP contribution in [0.25, 0.3) is 0 Å². The molecule has 0 saturated carbocycles. The van der Waals surface area contributed by atoms with Gasteiger partial charge in [-0.05, 0) is 42.9 Å². The van der Waals surface area contributed by atoms with Crippen LogP contribution in [0.1, 0.15) is 17.3 Å². The summed E-state index contributed by atoms with van der Waals surface area (Å²) in [4.78, 5) is 27.7. The fourth-order valence-corrected chi connectivity index (χ4v) is 1.71. The average Bonchev–Trinajstić information content (AvgIpc) is 2.38. The Morgan fingerprint density at radius 1 is 1.26 bits per heavy atom. The molecule has 1 aromatic carbocycles. The molecule has 1 aliphatic rings. The molecule has 0 unspecified atom stereocenters. The third-order valence-corrected chi connectivity index (χ3v) is 2.82. The van der Waals surface area contributed by atoms with E-state index in [0.717, 1.165) is 0 Å². The highest BCUT2D eigenvalue weighted by molar-refractivity contribution is 6.33. The monoisotopic (exact) mass is 275 g/mol. The molecule has 0 bridgehead atoms. The van der Waals surface area contributed by atoms with Crippen LogP contribution in [0.15, 0.2) is 53.2 Å². The summed E-state index contributed by atoms with van der Waals surface area (Å²) in [7, 11) is 0. The lowest BCUT2D eigenvalue weighted by atomic mass is 10.1. The maximum absolute atomic E-state index is 11.8. The first-order valence-corrected chi connectivity index (χ1v) is 5.90. The SMILES string of the molecule is CC1=CC(=O)C=CC1=NOC(=O)c1ccccc1Cl. The summed E-state index contributed by atoms with van der Waals surface area (Å²) in [6.07, 6.45) is 4.27. The Labute approximate surface area is 115 Å². The molecule has 5 heteroatoms. The number of allylic oxidation sites excluding steroid dienone is 4. The van der Waals surface area contributed by atoms with E-state index in [1.54, 1.807) is 31.2 Å². The minimum atomic E-state index is -0.642. The lowest BCUT2D eigenvalue weighted by Gasteiger charge is -2.05. The van der Waals surface area contributed by atoms with E-state index in [2.05, 4.69) is 5.16 Å². The predicted octanol–water partition coefficient (Wildman–Crippen LogP) is 2.94. The number of hydrogen-bond acceptors (Lipinski definition) is 4. The summed E-state index contributed by atoms with van der Waals surface area (Å²) in [5, 5.41) is 4.02. The Hall–Kier alpha value is -2.20. The second kappa shape index (κ2) is 5.63. The van der Waals surface area contributed by atoms with Crippen LogP contribution in [0.3, 0.4) is 0 Å². The van der Waals surface area contributed by atoms with Crippen molar-refractivity contribution in [1.82, 2.24) is 0 Å². The first kappa shape index (κ1) is 13.2. The Balaban J connectivity index is 2.13. The molecule has 0 aromatic heterocycles. The van der Waals surface area contributed by atoms with Crippen LogP contribution in [0.4, 0.5) is 0 Å². The normalized spacial score (nSPS) is 16.4. The molecule has 0 spiro atoms. The van der Waals surface area contributed by atoms with Crippen molar-refractivity contribution >= 4 is 29.1 Å². The van der Waals surface area contributed by atoms with E-state index in [1.165, 1.54) is 18.2 Å². The first-order valence-electron chi connectivity index (χ1n) is 5.52. The van der Waals surface area contributed by atoms with Crippen LogP contribution in [0.2, 0.25) is 5.02 Å². The van der Waals surface area contributed by atoms with Crippen molar-refractivity contribution in [3.05, 3.63) is 58.7 Å². The summed E-state index contributed by atoms with van der Waals surface area (Å²) >= 11 is 5.87. The van der Waals surface area contributed by atoms with E-state index in [1.807, 2.05) is 0 Å². The highest BCUT2D eigenvalue weighted by Crippen LogP contribution is 2.16. The van der Waals surface area contributed by atoms with E-state index in [0.29, 0.717) is 16.3 Å². The van der Waals surface area contributed by atoms with E-state index < -0.39 is 5.97 Å². The summed E-state index contributed by atoms with van der Waals surface area (Å²) in [6.45, 7) is 1.71. The van der Waals surface area contributed by atoms with Crippen molar-refractivity contribution in [1.29, 1.82) is 0 Å². The third-order valence-electron chi connectivity index (χ3n) is 2.49. The van der Waals surface area contributed by atoms with E-state index in [-0.39, 0.29) is 11.3 Å². The van der Waals surface area contributed by atoms with Crippen LogP contribution >= 0.6 is 11.6 Å². The Bertz CT molecular complexity index is 629. The summed E-state index contributed by atoms with van der Waals surface area (Å²) in [5.74, 6) is -0.759. The third kappa shape index (κ3) is 3.17. The molecule has 4 nitrogen and oxygen atoms in total. The zero-order valence-electron chi connectivity index (χ0n) is 10.1. The first-order chi connectivity index (χ1) is 9.08. The van der Waals surface area contributed by atoms with Gasteiger partial charge in [-0.2, -0.15) is 0 Å². The van der Waals surface area contributed by atoms with Crippen molar-refractivity contribution in [2.75, 3.05) is 0 Å². The molecule has 0 fully saturated rings. The lowest BCUT2D eigenvalue weighted by Crippen LogP contribution is -2.08. The molecule has 0 saturated heterocycles. The van der Waals surface area contributed by atoms with E-state index in [9.17, 15) is 9.59 Å². The van der Waals surface area contributed by atoms with Crippen LogP contribution in [0, 0.1) is 0 Å². The van der Waals surface area contributed by atoms with Crippen LogP contribution < -0.4 is 0 Å². The maximum atomic E-state index is 11.8. The second-order valence-corrected chi connectivity index (χ2v) is 4.31. The van der Waals surface area contributed by atoms with Crippen molar-refractivity contribution in [2.45, 2.75) is 6.92 Å². The molecule has 0 heterocycles. The van der Waals surface area contributed by atoms with Gasteiger partial charge in [-0.25, -0.2) is 4.79 Å². The van der Waals surface area contributed by atoms with Gasteiger partial charge in [-0.15, -0.1) is 0 Å². The minimum Gasteiger partial charge on any atom is -0.312 e. The van der Waals surface area contributed by atoms with Crippen molar-refractivity contribution in [3.8, 4) is 0 Å². The smallest absolute Gasteiger partial charge is 0.312 e. The zero-order valence-corrected chi connectivity index (χ0v) is 10.8. The molecule has 96 valence electrons. The van der Waals surface area contributed by atoms with Crippen LogP contribution in [0.5, 0.6) is 0 Å². The molecule has 1 aromatic rings. The maximum Gasteiger partial charge on any atom is 0.367 e. The Kier molecular flexibility index (Phi) is 3.92. The van der Waals surface area contributed by atoms with Crippen LogP contribution in [-0.4, -0.2) is 17.5 Å². The second-order valence-electron chi connectivity index (χ2n) is 3.90. The minimum absolute atomic E-state index is 0.117. The van der Waals surface area contributed by atoms with Gasteiger partial charge in [-0.1, -0.05) is 28.9 Å². The van der Waals surface area contributed by atoms with E-state index >= 15 is 0 Å². The number of nitrogens with zero attached hydrogens (tertiary/aromatic N) is 1. The van der Waals surface area contributed by atoms with Crippen LogP contribution in [-0.2, 0) is 9.63 Å². The van der Waals surface area contributed by atoms with E-state index in [4.69, 9.17) is 16.4 Å². The molecule has 0 aliphatic heterocycles. The summed E-state index contributed by atoms with van der Waals surface area (Å²) in [6, 6.07) is 6.54. The molecule has 0 N–H and O–H groups in total. The molecule has 19 heavy (non-hydrogen) atoms. The van der Waals surface area contributed by atoms with Gasteiger partial charge in [0, 0.05) is 0 Å². The fourth-order valence-electron chi connectivity index (χ4n) is 1.50. The quantitative estimate of drug-likeness (QED) is 0.474. The average molecular weight is 276 g/mol. The van der Waals surface area contributed by atoms with Gasteiger partial charge in [0.1, 0.15) is 5.71 Å². The number of halogens is 1. The molecular formula is C14H10ClNO3. The number of carbonyl (C=O) groups excluding carboxylic acids is 2. The Morgan fingerprint density at radius 3 is 2.68 bits per heavy atom. The summed E-state index contributed by atoms with van der Waals surface area (Å²) in [5.41, 5.74) is 1.31. The van der Waals surface area contributed by atoms with Gasteiger partial charge in [0.05, 0.1) is 10.6 Å². The highest BCUT2D eigenvalue weighted by atomic mass is 35.5. The predicted molar refractivity (Wildman–Crippen MR) is 72.2 cm³/mol. The topological polar surface area (TPSA) is 55.7 Å². The number of ketones is 1. The molecule has 0 amide bonds. The van der Waals surface area contributed by atoms with Gasteiger partial charge < -0.3 is 4.84 Å². The number of hydrogen-bond donors (Lipinski definition) is 0. The molecule has 0 atom stereocenters. The van der Waals surface area contributed by atoms with Gasteiger partial charge in [-0.3, -0.25) is 4.79 Å². The number of rotatable bonds is 2. The molecule has 1 aliphatic carbocycles. The number of carbonyl (C=O) groups is 2. The van der Waals surface area contributed by atoms with Gasteiger partial charge in [0.2, 0.25) is 0 Å². The largest absolute Gasteiger partial charge is 0.367 e. The van der Waals surface area contributed by atoms with Crippen molar-refractivity contribution in [2.24, 2.45) is 5.16 Å². The lowest BCUT2D eigenvalue weighted by molar-refractivity contribution is -0.110. The highest BCUT2D eigenvalue weighted by Gasteiger charge is 2.13. The van der Waals surface area contributed by atoms with Gasteiger partial charge in [0.15, 0.2) is 5.78 Å². The molecular weight excluding hydrogens is 266 g/mol. The zero-order chi connectivity index (χ0) is 13.8.